The molecule has 1 fully saturated rings. The van der Waals surface area contributed by atoms with Crippen LogP contribution in [0.1, 0.15) is 46.5 Å². The van der Waals surface area contributed by atoms with Gasteiger partial charge in [-0.25, -0.2) is 9.78 Å². The van der Waals surface area contributed by atoms with Gasteiger partial charge in [-0.3, -0.25) is 5.10 Å². The minimum Gasteiger partial charge on any atom is -0.609 e. The molecule has 11 nitrogen and oxygen atoms in total. The number of amides is 1. The molecule has 3 aromatic heterocycles. The van der Waals surface area contributed by atoms with Crippen molar-refractivity contribution in [3.8, 4) is 11.4 Å². The third-order valence-corrected chi connectivity index (χ3v) is 5.94. The second-order valence-electron chi connectivity index (χ2n) is 9.05. The summed E-state index contributed by atoms with van der Waals surface area (Å²) in [5.74, 6) is 0.513. The first-order chi connectivity index (χ1) is 15.7. The molecule has 3 heterocycles. The number of carbonyl (C=O) groups excluding carboxylic acids is 1. The van der Waals surface area contributed by atoms with Gasteiger partial charge < -0.3 is 19.9 Å². The molecule has 1 atom stereocenters. The summed E-state index contributed by atoms with van der Waals surface area (Å²) in [4.78, 5) is 29.3. The number of rotatable bonds is 5. The van der Waals surface area contributed by atoms with Crippen LogP contribution < -0.4 is 10.6 Å². The van der Waals surface area contributed by atoms with Gasteiger partial charge in [-0.05, 0) is 52.5 Å². The van der Waals surface area contributed by atoms with Crippen molar-refractivity contribution in [2.75, 3.05) is 11.6 Å². The number of ether oxygens (including phenoxy) is 1. The molecule has 33 heavy (non-hydrogen) atoms. The Bertz CT molecular complexity index is 1120. The molecule has 3 aromatic rings. The van der Waals surface area contributed by atoms with Crippen LogP contribution in [-0.4, -0.2) is 64.7 Å². The van der Waals surface area contributed by atoms with Crippen molar-refractivity contribution in [1.82, 2.24) is 35.5 Å². The van der Waals surface area contributed by atoms with Gasteiger partial charge in [-0.15, -0.1) is 0 Å². The Labute approximate surface area is 194 Å². The van der Waals surface area contributed by atoms with Crippen LogP contribution in [0.2, 0.25) is 0 Å². The third kappa shape index (κ3) is 5.88. The van der Waals surface area contributed by atoms with Crippen molar-refractivity contribution in [3.05, 3.63) is 18.5 Å². The normalized spacial score (nSPS) is 19.8. The molecule has 1 unspecified atom stereocenters. The first-order valence-electron chi connectivity index (χ1n) is 10.8. The van der Waals surface area contributed by atoms with Gasteiger partial charge in [0, 0.05) is 35.7 Å². The van der Waals surface area contributed by atoms with Crippen LogP contribution in [0.15, 0.2) is 23.6 Å². The van der Waals surface area contributed by atoms with E-state index in [1.165, 1.54) is 6.26 Å². The van der Waals surface area contributed by atoms with Crippen LogP contribution in [0, 0.1) is 0 Å². The van der Waals surface area contributed by atoms with E-state index in [0.29, 0.717) is 23.0 Å². The lowest BCUT2D eigenvalue weighted by atomic mass is 9.91. The Morgan fingerprint density at radius 1 is 1.18 bits per heavy atom. The molecule has 0 aliphatic heterocycles. The number of aromatic nitrogens is 6. The second-order valence-corrected chi connectivity index (χ2v) is 10.3. The summed E-state index contributed by atoms with van der Waals surface area (Å²) in [6.07, 6.45) is 7.88. The van der Waals surface area contributed by atoms with Crippen LogP contribution in [0.3, 0.4) is 0 Å². The van der Waals surface area contributed by atoms with Gasteiger partial charge in [0.1, 0.15) is 17.6 Å². The molecule has 1 amide bonds. The third-order valence-electron chi connectivity index (χ3n) is 5.23. The molecule has 3 N–H and O–H groups in total. The van der Waals surface area contributed by atoms with Gasteiger partial charge in [0.05, 0.1) is 11.1 Å². The van der Waals surface area contributed by atoms with E-state index in [1.807, 2.05) is 20.8 Å². The topological polar surface area (TPSA) is 154 Å². The van der Waals surface area contributed by atoms with Gasteiger partial charge in [-0.1, -0.05) is 0 Å². The van der Waals surface area contributed by atoms with Gasteiger partial charge in [0.15, 0.2) is 5.65 Å². The molecular weight excluding hydrogens is 444 g/mol. The highest BCUT2D eigenvalue weighted by Gasteiger charge is 2.25. The average Bonchev–Trinajstić information content (AvgIpc) is 3.17. The van der Waals surface area contributed by atoms with E-state index in [1.54, 1.807) is 18.5 Å². The van der Waals surface area contributed by atoms with E-state index >= 15 is 0 Å². The molecule has 1 saturated carbocycles. The maximum atomic E-state index is 12.0. The fourth-order valence-electron chi connectivity index (χ4n) is 3.72. The average molecular weight is 473 g/mol. The van der Waals surface area contributed by atoms with E-state index in [2.05, 4.69) is 40.8 Å². The van der Waals surface area contributed by atoms with Gasteiger partial charge in [0.2, 0.25) is 5.95 Å². The number of fused-ring (bicyclic) bond motifs is 1. The summed E-state index contributed by atoms with van der Waals surface area (Å²) in [6.45, 7) is 5.56. The Balaban J connectivity index is 1.37. The molecule has 0 spiro atoms. The number of carbonyl (C=O) groups is 1. The first-order valence-corrected chi connectivity index (χ1v) is 12.4. The zero-order valence-electron chi connectivity index (χ0n) is 19.1. The standard InChI is InChI=1S/C21H28N8O3S/c1-21(2,3)32-20(30)25-13-7-5-12(6-8-13)24-18-23-11-14-16(28-29-17(14)27-18)15-9-10-22-19(26-15)33(4)31/h9-13H,5-8H2,1-4H3,(H,25,30)(H2,23,24,27,28,29)/t12-,13+,33?. The highest BCUT2D eigenvalue weighted by atomic mass is 32.2. The summed E-state index contributed by atoms with van der Waals surface area (Å²) >= 11 is -1.29. The van der Waals surface area contributed by atoms with E-state index in [9.17, 15) is 9.35 Å². The van der Waals surface area contributed by atoms with Crippen LogP contribution in [0.5, 0.6) is 0 Å². The zero-order valence-corrected chi connectivity index (χ0v) is 19.9. The fourth-order valence-corrected chi connectivity index (χ4v) is 4.16. The molecule has 1 aliphatic carbocycles. The van der Waals surface area contributed by atoms with Crippen molar-refractivity contribution in [2.45, 2.75) is 69.3 Å². The zero-order chi connectivity index (χ0) is 23.6. The number of alkyl carbamates (subject to hydrolysis) is 1. The summed E-state index contributed by atoms with van der Waals surface area (Å²) in [5, 5.41) is 14.5. The Kier molecular flexibility index (Phi) is 6.66. The Morgan fingerprint density at radius 3 is 2.61 bits per heavy atom. The smallest absolute Gasteiger partial charge is 0.407 e. The van der Waals surface area contributed by atoms with Crippen LogP contribution in [0.25, 0.3) is 22.4 Å². The largest absolute Gasteiger partial charge is 0.609 e. The van der Waals surface area contributed by atoms with Gasteiger partial charge >= 0.3 is 11.2 Å². The molecule has 1 aliphatic rings. The summed E-state index contributed by atoms with van der Waals surface area (Å²) < 4.78 is 17.0. The number of nitrogens with one attached hydrogen (secondary N) is 3. The summed E-state index contributed by atoms with van der Waals surface area (Å²) in [6, 6.07) is 2.03. The van der Waals surface area contributed by atoms with Crippen LogP contribution in [-0.2, 0) is 15.9 Å². The molecule has 176 valence electrons. The maximum Gasteiger partial charge on any atom is 0.407 e. The first kappa shape index (κ1) is 23.2. The molecule has 0 saturated heterocycles. The minimum absolute atomic E-state index is 0.103. The van der Waals surface area contributed by atoms with Crippen LogP contribution >= 0.6 is 0 Å². The molecular formula is C21H28N8O3S. The number of H-pyrrole nitrogens is 1. The van der Waals surface area contributed by atoms with E-state index < -0.39 is 16.8 Å². The summed E-state index contributed by atoms with van der Waals surface area (Å²) in [5.41, 5.74) is 1.22. The number of hydrogen-bond donors (Lipinski definition) is 3. The predicted molar refractivity (Wildman–Crippen MR) is 124 cm³/mol. The van der Waals surface area contributed by atoms with Crippen molar-refractivity contribution >= 4 is 34.3 Å². The lowest BCUT2D eigenvalue weighted by Gasteiger charge is -2.30. The number of anilines is 1. The summed E-state index contributed by atoms with van der Waals surface area (Å²) in [7, 11) is 0. The quantitative estimate of drug-likeness (QED) is 0.375. The second kappa shape index (κ2) is 9.48. The lowest BCUT2D eigenvalue weighted by molar-refractivity contribution is 0.0492. The van der Waals surface area contributed by atoms with Crippen LogP contribution in [0.4, 0.5) is 10.7 Å². The lowest BCUT2D eigenvalue weighted by Crippen LogP contribution is -2.42. The maximum absolute atomic E-state index is 12.0. The predicted octanol–water partition coefficient (Wildman–Crippen LogP) is 2.80. The molecule has 0 aromatic carbocycles. The van der Waals surface area contributed by atoms with E-state index in [-0.39, 0.29) is 23.3 Å². The van der Waals surface area contributed by atoms with Gasteiger partial charge in [0.25, 0.3) is 0 Å². The Hall–Kier alpha value is -2.99. The van der Waals surface area contributed by atoms with E-state index in [4.69, 9.17) is 4.74 Å². The minimum atomic E-state index is -1.29. The van der Waals surface area contributed by atoms with Crippen molar-refractivity contribution in [1.29, 1.82) is 0 Å². The Morgan fingerprint density at radius 2 is 1.91 bits per heavy atom. The van der Waals surface area contributed by atoms with Crippen molar-refractivity contribution in [2.24, 2.45) is 0 Å². The fraction of sp³-hybridized carbons (Fsp3) is 0.524. The molecule has 0 radical (unpaired) electrons. The van der Waals surface area contributed by atoms with Crippen molar-refractivity contribution < 1.29 is 14.1 Å². The molecule has 12 heteroatoms. The van der Waals surface area contributed by atoms with E-state index in [0.717, 1.165) is 31.1 Å². The number of hydrogen-bond acceptors (Lipinski definition) is 9. The van der Waals surface area contributed by atoms with Crippen molar-refractivity contribution in [3.63, 3.8) is 0 Å². The molecule has 0 bridgehead atoms. The molecule has 4 rings (SSSR count). The highest BCUT2D eigenvalue weighted by Crippen LogP contribution is 2.26. The van der Waals surface area contributed by atoms with Gasteiger partial charge in [-0.2, -0.15) is 20.1 Å². The highest BCUT2D eigenvalue weighted by molar-refractivity contribution is 7.90. The number of nitrogens with zero attached hydrogens (tertiary/aromatic N) is 5. The monoisotopic (exact) mass is 472 g/mol. The SMILES string of the molecule is C[S+]([O-])c1nccc(-c2n[nH]c3nc(N[C@H]4CC[C@@H](NC(=O)OC(C)(C)C)CC4)ncc23)n1. The number of aromatic amines is 1.